The van der Waals surface area contributed by atoms with Crippen molar-refractivity contribution in [1.82, 2.24) is 0 Å². The summed E-state index contributed by atoms with van der Waals surface area (Å²) >= 11 is 3.04. The third-order valence-corrected chi connectivity index (χ3v) is 2.83. The Bertz CT molecular complexity index is 552. The maximum atomic E-state index is 13.0. The van der Waals surface area contributed by atoms with Gasteiger partial charge in [0.2, 0.25) is 0 Å². The first-order valence-electron chi connectivity index (χ1n) is 5.07. The second-order valence-corrected chi connectivity index (χ2v) is 4.50. The molecule has 0 saturated heterocycles. The summed E-state index contributed by atoms with van der Waals surface area (Å²) in [6.45, 7) is 0.0990. The molecular weight excluding hydrogens is 309 g/mol. The molecule has 94 valence electrons. The monoisotopic (exact) mass is 316 g/mol. The van der Waals surface area contributed by atoms with Crippen molar-refractivity contribution in [3.63, 3.8) is 0 Å². The molecule has 0 aliphatic carbocycles. The minimum atomic E-state index is -0.703. The molecule has 0 bridgehead atoms. The fourth-order valence-electron chi connectivity index (χ4n) is 1.41. The first-order chi connectivity index (χ1) is 8.54. The van der Waals surface area contributed by atoms with E-state index in [1.54, 1.807) is 6.07 Å². The zero-order valence-electron chi connectivity index (χ0n) is 9.09. The van der Waals surface area contributed by atoms with E-state index in [0.29, 0.717) is 10.0 Å². The van der Waals surface area contributed by atoms with Gasteiger partial charge in [0.1, 0.15) is 29.8 Å². The standard InChI is InChI=1S/C13H8BrF3O/c14-12-3-8(1-2-13(12)17)7-18-11-5-9(15)4-10(16)6-11/h1-6H,7H2. The van der Waals surface area contributed by atoms with Crippen LogP contribution in [0.15, 0.2) is 40.9 Å². The molecule has 0 aliphatic heterocycles. The molecule has 0 saturated carbocycles. The molecule has 0 N–H and O–H groups in total. The van der Waals surface area contributed by atoms with Crippen LogP contribution >= 0.6 is 15.9 Å². The molecule has 18 heavy (non-hydrogen) atoms. The van der Waals surface area contributed by atoms with Gasteiger partial charge < -0.3 is 4.74 Å². The van der Waals surface area contributed by atoms with Crippen LogP contribution in [0, 0.1) is 17.5 Å². The lowest BCUT2D eigenvalue weighted by Crippen LogP contribution is -1.97. The summed E-state index contributed by atoms with van der Waals surface area (Å²) < 4.78 is 44.3. The summed E-state index contributed by atoms with van der Waals surface area (Å²) in [4.78, 5) is 0. The predicted octanol–water partition coefficient (Wildman–Crippen LogP) is 4.45. The van der Waals surface area contributed by atoms with Crippen LogP contribution in [0.1, 0.15) is 5.56 Å². The van der Waals surface area contributed by atoms with Crippen LogP contribution in [0.2, 0.25) is 0 Å². The molecule has 0 aromatic heterocycles. The Balaban J connectivity index is 2.08. The van der Waals surface area contributed by atoms with Crippen molar-refractivity contribution >= 4 is 15.9 Å². The van der Waals surface area contributed by atoms with E-state index < -0.39 is 11.6 Å². The summed E-state index contributed by atoms with van der Waals surface area (Å²) in [5.74, 6) is -1.70. The Morgan fingerprint density at radius 3 is 2.22 bits per heavy atom. The molecule has 0 atom stereocenters. The lowest BCUT2D eigenvalue weighted by molar-refractivity contribution is 0.302. The van der Waals surface area contributed by atoms with Crippen molar-refractivity contribution in [2.75, 3.05) is 0 Å². The molecule has 0 aliphatic rings. The minimum Gasteiger partial charge on any atom is -0.489 e. The highest BCUT2D eigenvalue weighted by molar-refractivity contribution is 9.10. The van der Waals surface area contributed by atoms with Gasteiger partial charge in [-0.05, 0) is 33.6 Å². The average molecular weight is 317 g/mol. The minimum absolute atomic E-state index is 0.0907. The van der Waals surface area contributed by atoms with E-state index in [1.165, 1.54) is 12.1 Å². The van der Waals surface area contributed by atoms with Gasteiger partial charge >= 0.3 is 0 Å². The molecule has 0 unspecified atom stereocenters. The molecule has 0 amide bonds. The topological polar surface area (TPSA) is 9.23 Å². The van der Waals surface area contributed by atoms with E-state index in [9.17, 15) is 13.2 Å². The van der Waals surface area contributed by atoms with Gasteiger partial charge in [0.05, 0.1) is 4.47 Å². The fourth-order valence-corrected chi connectivity index (χ4v) is 1.83. The number of benzene rings is 2. The summed E-state index contributed by atoms with van der Waals surface area (Å²) in [7, 11) is 0. The normalized spacial score (nSPS) is 10.4. The van der Waals surface area contributed by atoms with Crippen molar-refractivity contribution in [2.24, 2.45) is 0 Å². The quantitative estimate of drug-likeness (QED) is 0.813. The van der Waals surface area contributed by atoms with Crippen LogP contribution < -0.4 is 4.74 Å². The Hall–Kier alpha value is -1.49. The smallest absolute Gasteiger partial charge is 0.137 e. The highest BCUT2D eigenvalue weighted by Crippen LogP contribution is 2.20. The zero-order valence-corrected chi connectivity index (χ0v) is 10.7. The van der Waals surface area contributed by atoms with Crippen LogP contribution in [0.25, 0.3) is 0 Å². The van der Waals surface area contributed by atoms with E-state index in [2.05, 4.69) is 15.9 Å². The van der Waals surface area contributed by atoms with Gasteiger partial charge in [-0.2, -0.15) is 0 Å². The molecule has 0 heterocycles. The number of hydrogen-bond donors (Lipinski definition) is 0. The Morgan fingerprint density at radius 1 is 0.944 bits per heavy atom. The maximum Gasteiger partial charge on any atom is 0.137 e. The lowest BCUT2D eigenvalue weighted by Gasteiger charge is -2.07. The Labute approximate surface area is 110 Å². The van der Waals surface area contributed by atoms with Crippen LogP contribution in [0.5, 0.6) is 5.75 Å². The maximum absolute atomic E-state index is 13.0. The van der Waals surface area contributed by atoms with Gasteiger partial charge in [0, 0.05) is 18.2 Å². The fraction of sp³-hybridized carbons (Fsp3) is 0.0769. The molecule has 5 heteroatoms. The largest absolute Gasteiger partial charge is 0.489 e. The molecule has 2 aromatic carbocycles. The summed E-state index contributed by atoms with van der Waals surface area (Å²) in [6, 6.07) is 7.31. The van der Waals surface area contributed by atoms with Gasteiger partial charge in [0.15, 0.2) is 0 Å². The van der Waals surface area contributed by atoms with Crippen molar-refractivity contribution in [3.8, 4) is 5.75 Å². The third-order valence-electron chi connectivity index (χ3n) is 2.23. The molecular formula is C13H8BrF3O. The number of ether oxygens (including phenoxy) is 1. The summed E-state index contributed by atoms with van der Waals surface area (Å²) in [6.07, 6.45) is 0. The number of halogens is 4. The van der Waals surface area contributed by atoms with Gasteiger partial charge in [-0.25, -0.2) is 13.2 Å². The Kier molecular flexibility index (Phi) is 3.91. The zero-order chi connectivity index (χ0) is 13.1. The first kappa shape index (κ1) is 13.0. The Morgan fingerprint density at radius 2 is 1.61 bits per heavy atom. The third kappa shape index (κ3) is 3.26. The van der Waals surface area contributed by atoms with Crippen LogP contribution in [-0.4, -0.2) is 0 Å². The van der Waals surface area contributed by atoms with Crippen molar-refractivity contribution in [2.45, 2.75) is 6.61 Å². The highest BCUT2D eigenvalue weighted by Gasteiger charge is 2.04. The van der Waals surface area contributed by atoms with Gasteiger partial charge in [0.25, 0.3) is 0 Å². The second-order valence-electron chi connectivity index (χ2n) is 3.64. The van der Waals surface area contributed by atoms with E-state index in [1.807, 2.05) is 0 Å². The van der Waals surface area contributed by atoms with Crippen LogP contribution in [0.3, 0.4) is 0 Å². The van der Waals surface area contributed by atoms with Crippen molar-refractivity contribution in [3.05, 3.63) is 63.9 Å². The molecule has 1 nitrogen and oxygen atoms in total. The second kappa shape index (κ2) is 5.44. The van der Waals surface area contributed by atoms with Crippen LogP contribution in [-0.2, 0) is 6.61 Å². The molecule has 0 radical (unpaired) electrons. The summed E-state index contributed by atoms with van der Waals surface area (Å²) in [5, 5.41) is 0. The van der Waals surface area contributed by atoms with Gasteiger partial charge in [-0.15, -0.1) is 0 Å². The van der Waals surface area contributed by atoms with Crippen molar-refractivity contribution < 1.29 is 17.9 Å². The predicted molar refractivity (Wildman–Crippen MR) is 64.8 cm³/mol. The molecule has 0 spiro atoms. The van der Waals surface area contributed by atoms with E-state index in [4.69, 9.17) is 4.74 Å². The lowest BCUT2D eigenvalue weighted by atomic mass is 10.2. The number of rotatable bonds is 3. The SMILES string of the molecule is Fc1cc(F)cc(OCc2ccc(F)c(Br)c2)c1. The average Bonchev–Trinajstić information content (AvgIpc) is 2.29. The van der Waals surface area contributed by atoms with Gasteiger partial charge in [-0.3, -0.25) is 0 Å². The van der Waals surface area contributed by atoms with E-state index >= 15 is 0 Å². The van der Waals surface area contributed by atoms with Crippen molar-refractivity contribution in [1.29, 1.82) is 0 Å². The molecule has 0 fully saturated rings. The number of hydrogen-bond acceptors (Lipinski definition) is 1. The molecule has 2 aromatic rings. The first-order valence-corrected chi connectivity index (χ1v) is 5.87. The summed E-state index contributed by atoms with van der Waals surface area (Å²) in [5.41, 5.74) is 0.688. The van der Waals surface area contributed by atoms with Gasteiger partial charge in [-0.1, -0.05) is 6.07 Å². The molecule has 2 rings (SSSR count). The van der Waals surface area contributed by atoms with E-state index in [-0.39, 0.29) is 18.2 Å². The highest BCUT2D eigenvalue weighted by atomic mass is 79.9. The van der Waals surface area contributed by atoms with Crippen LogP contribution in [0.4, 0.5) is 13.2 Å². The van der Waals surface area contributed by atoms with E-state index in [0.717, 1.165) is 18.2 Å².